The first-order valence-electron chi connectivity index (χ1n) is 6.94. The molecule has 0 aliphatic carbocycles. The van der Waals surface area contributed by atoms with Crippen LogP contribution in [0.1, 0.15) is 17.5 Å². The van der Waals surface area contributed by atoms with E-state index in [1.165, 1.54) is 0 Å². The Morgan fingerprint density at radius 1 is 1.48 bits per heavy atom. The van der Waals surface area contributed by atoms with E-state index in [2.05, 4.69) is 10.6 Å². The third-order valence-corrected chi connectivity index (χ3v) is 3.22. The molecule has 2 rings (SSSR count). The SMILES string of the molecule is CNCC(=O)NCc1ccc(C)cc1OC1CCOC1.Cl. The quantitative estimate of drug-likeness (QED) is 0.834. The molecule has 1 unspecified atom stereocenters. The topological polar surface area (TPSA) is 59.6 Å². The van der Waals surface area contributed by atoms with Gasteiger partial charge in [-0.15, -0.1) is 12.4 Å². The zero-order valence-corrected chi connectivity index (χ0v) is 13.3. The van der Waals surface area contributed by atoms with Crippen molar-refractivity contribution in [1.29, 1.82) is 0 Å². The number of aryl methyl sites for hydroxylation is 1. The van der Waals surface area contributed by atoms with E-state index in [4.69, 9.17) is 9.47 Å². The summed E-state index contributed by atoms with van der Waals surface area (Å²) in [5.74, 6) is 0.813. The van der Waals surface area contributed by atoms with Gasteiger partial charge < -0.3 is 20.1 Å². The van der Waals surface area contributed by atoms with Crippen molar-refractivity contribution in [2.24, 2.45) is 0 Å². The molecule has 1 saturated heterocycles. The smallest absolute Gasteiger partial charge is 0.234 e. The van der Waals surface area contributed by atoms with Gasteiger partial charge in [-0.3, -0.25) is 4.79 Å². The van der Waals surface area contributed by atoms with E-state index in [0.29, 0.717) is 19.7 Å². The van der Waals surface area contributed by atoms with Crippen LogP contribution in [0.4, 0.5) is 0 Å². The molecular weight excluding hydrogens is 292 g/mol. The van der Waals surface area contributed by atoms with Gasteiger partial charge in [0, 0.05) is 18.5 Å². The van der Waals surface area contributed by atoms with Crippen molar-refractivity contribution in [3.8, 4) is 5.75 Å². The van der Waals surface area contributed by atoms with Gasteiger partial charge in [-0.05, 0) is 25.6 Å². The Labute approximate surface area is 131 Å². The summed E-state index contributed by atoms with van der Waals surface area (Å²) in [5, 5.41) is 5.70. The van der Waals surface area contributed by atoms with E-state index >= 15 is 0 Å². The van der Waals surface area contributed by atoms with E-state index in [-0.39, 0.29) is 24.4 Å². The minimum Gasteiger partial charge on any atom is -0.488 e. The molecule has 1 atom stereocenters. The lowest BCUT2D eigenvalue weighted by atomic mass is 10.1. The van der Waals surface area contributed by atoms with Crippen LogP contribution < -0.4 is 15.4 Å². The zero-order valence-electron chi connectivity index (χ0n) is 12.5. The van der Waals surface area contributed by atoms with Gasteiger partial charge in [-0.1, -0.05) is 12.1 Å². The molecular formula is C15H23ClN2O3. The summed E-state index contributed by atoms with van der Waals surface area (Å²) in [7, 11) is 1.75. The molecule has 0 aromatic heterocycles. The molecule has 1 aromatic rings. The van der Waals surface area contributed by atoms with Crippen LogP contribution in [0.5, 0.6) is 5.75 Å². The molecule has 1 fully saturated rings. The molecule has 2 N–H and O–H groups in total. The average molecular weight is 315 g/mol. The van der Waals surface area contributed by atoms with Gasteiger partial charge >= 0.3 is 0 Å². The van der Waals surface area contributed by atoms with Crippen molar-refractivity contribution in [2.75, 3.05) is 26.8 Å². The highest BCUT2D eigenvalue weighted by Crippen LogP contribution is 2.23. The van der Waals surface area contributed by atoms with Gasteiger partial charge in [0.25, 0.3) is 0 Å². The zero-order chi connectivity index (χ0) is 14.4. The largest absolute Gasteiger partial charge is 0.488 e. The van der Waals surface area contributed by atoms with Gasteiger partial charge in [0.1, 0.15) is 11.9 Å². The van der Waals surface area contributed by atoms with E-state index < -0.39 is 0 Å². The van der Waals surface area contributed by atoms with Crippen LogP contribution >= 0.6 is 12.4 Å². The third-order valence-electron chi connectivity index (χ3n) is 3.22. The lowest BCUT2D eigenvalue weighted by molar-refractivity contribution is -0.120. The summed E-state index contributed by atoms with van der Waals surface area (Å²) in [5.41, 5.74) is 2.14. The summed E-state index contributed by atoms with van der Waals surface area (Å²) in [6.45, 7) is 4.22. The summed E-state index contributed by atoms with van der Waals surface area (Å²) >= 11 is 0. The molecule has 1 amide bonds. The molecule has 6 heteroatoms. The van der Waals surface area contributed by atoms with Crippen LogP contribution in [-0.4, -0.2) is 38.8 Å². The van der Waals surface area contributed by atoms with E-state index in [1.54, 1.807) is 7.05 Å². The van der Waals surface area contributed by atoms with Gasteiger partial charge in [0.2, 0.25) is 5.91 Å². The molecule has 1 aliphatic rings. The number of nitrogens with one attached hydrogen (secondary N) is 2. The van der Waals surface area contributed by atoms with Crippen LogP contribution in [-0.2, 0) is 16.1 Å². The van der Waals surface area contributed by atoms with Gasteiger partial charge in [0.05, 0.1) is 19.8 Å². The van der Waals surface area contributed by atoms with Gasteiger partial charge in [-0.2, -0.15) is 0 Å². The van der Waals surface area contributed by atoms with Crippen molar-refractivity contribution >= 4 is 18.3 Å². The molecule has 0 spiro atoms. The number of hydrogen-bond donors (Lipinski definition) is 2. The fourth-order valence-corrected chi connectivity index (χ4v) is 2.12. The number of benzene rings is 1. The Morgan fingerprint density at radius 3 is 2.95 bits per heavy atom. The second kappa shape index (κ2) is 8.87. The fourth-order valence-electron chi connectivity index (χ4n) is 2.12. The first kappa shape index (κ1) is 17.8. The molecule has 1 heterocycles. The monoisotopic (exact) mass is 314 g/mol. The van der Waals surface area contributed by atoms with Gasteiger partial charge in [-0.25, -0.2) is 0 Å². The van der Waals surface area contributed by atoms with E-state index in [0.717, 1.165) is 29.9 Å². The van der Waals surface area contributed by atoms with Crippen molar-refractivity contribution in [3.05, 3.63) is 29.3 Å². The average Bonchev–Trinajstić information content (AvgIpc) is 2.91. The first-order valence-corrected chi connectivity index (χ1v) is 6.94. The summed E-state index contributed by atoms with van der Waals surface area (Å²) in [6.07, 6.45) is 1.03. The van der Waals surface area contributed by atoms with Crippen molar-refractivity contribution in [1.82, 2.24) is 10.6 Å². The Bertz CT molecular complexity index is 462. The van der Waals surface area contributed by atoms with Crippen LogP contribution in [0, 0.1) is 6.92 Å². The summed E-state index contributed by atoms with van der Waals surface area (Å²) in [6, 6.07) is 6.04. The maximum Gasteiger partial charge on any atom is 0.234 e. The number of amides is 1. The highest BCUT2D eigenvalue weighted by Gasteiger charge is 2.18. The second-order valence-corrected chi connectivity index (χ2v) is 5.02. The standard InChI is InChI=1S/C15H22N2O3.ClH/c1-11-3-4-12(8-17-15(18)9-16-2)14(7-11)20-13-5-6-19-10-13;/h3-4,7,13,16H,5-6,8-10H2,1-2H3,(H,17,18);1H. The van der Waals surface area contributed by atoms with E-state index in [9.17, 15) is 4.79 Å². The Morgan fingerprint density at radius 2 is 2.29 bits per heavy atom. The highest BCUT2D eigenvalue weighted by molar-refractivity contribution is 5.85. The minimum absolute atomic E-state index is 0. The number of hydrogen-bond acceptors (Lipinski definition) is 4. The highest BCUT2D eigenvalue weighted by atomic mass is 35.5. The number of halogens is 1. The van der Waals surface area contributed by atoms with Crippen LogP contribution in [0.25, 0.3) is 0 Å². The second-order valence-electron chi connectivity index (χ2n) is 5.02. The Kier molecular flexibility index (Phi) is 7.50. The van der Waals surface area contributed by atoms with Crippen LogP contribution in [0.15, 0.2) is 18.2 Å². The molecule has 0 bridgehead atoms. The number of likely N-dealkylation sites (N-methyl/N-ethyl adjacent to an activating group) is 1. The number of carbonyl (C=O) groups is 1. The van der Waals surface area contributed by atoms with Crippen LogP contribution in [0.2, 0.25) is 0 Å². The van der Waals surface area contributed by atoms with Gasteiger partial charge in [0.15, 0.2) is 0 Å². The predicted molar refractivity (Wildman–Crippen MR) is 84.1 cm³/mol. The lowest BCUT2D eigenvalue weighted by Crippen LogP contribution is -2.31. The Balaban J connectivity index is 0.00000220. The predicted octanol–water partition coefficient (Wildman–Crippen LogP) is 1.42. The van der Waals surface area contributed by atoms with E-state index in [1.807, 2.05) is 25.1 Å². The van der Waals surface area contributed by atoms with Crippen LogP contribution in [0.3, 0.4) is 0 Å². The molecule has 118 valence electrons. The minimum atomic E-state index is -0.0248. The lowest BCUT2D eigenvalue weighted by Gasteiger charge is -2.16. The number of rotatable bonds is 6. The van der Waals surface area contributed by atoms with Crippen molar-refractivity contribution in [2.45, 2.75) is 26.0 Å². The molecule has 1 aliphatic heterocycles. The molecule has 0 radical (unpaired) electrons. The molecule has 21 heavy (non-hydrogen) atoms. The maximum absolute atomic E-state index is 11.5. The van der Waals surface area contributed by atoms with Crippen molar-refractivity contribution < 1.29 is 14.3 Å². The van der Waals surface area contributed by atoms with Crippen molar-refractivity contribution in [3.63, 3.8) is 0 Å². The Hall–Kier alpha value is -1.30. The summed E-state index contributed by atoms with van der Waals surface area (Å²) in [4.78, 5) is 11.5. The normalized spacial score (nSPS) is 17.1. The third kappa shape index (κ3) is 5.53. The maximum atomic E-state index is 11.5. The first-order chi connectivity index (χ1) is 9.69. The number of carbonyl (C=O) groups excluding carboxylic acids is 1. The number of ether oxygens (including phenoxy) is 2. The molecule has 0 saturated carbocycles. The molecule has 5 nitrogen and oxygen atoms in total. The molecule has 1 aromatic carbocycles. The summed E-state index contributed by atoms with van der Waals surface area (Å²) < 4.78 is 11.3. The fraction of sp³-hybridized carbons (Fsp3) is 0.533.